The summed E-state index contributed by atoms with van der Waals surface area (Å²) in [5.74, 6) is -2.77. The molecule has 0 saturated heterocycles. The average Bonchev–Trinajstić information content (AvgIpc) is 2.52. The smallest absolute Gasteiger partial charge is 0.326 e. The fourth-order valence-corrected chi connectivity index (χ4v) is 2.25. The highest BCUT2D eigenvalue weighted by molar-refractivity contribution is 5.90. The highest BCUT2D eigenvalue weighted by Crippen LogP contribution is 2.10. The Kier molecular flexibility index (Phi) is 7.35. The molecule has 0 aliphatic carbocycles. The van der Waals surface area contributed by atoms with E-state index in [0.717, 1.165) is 0 Å². The molecule has 6 nitrogen and oxygen atoms in total. The minimum atomic E-state index is -1.12. The van der Waals surface area contributed by atoms with Gasteiger partial charge < -0.3 is 15.7 Å². The molecule has 0 aliphatic heterocycles. The summed E-state index contributed by atoms with van der Waals surface area (Å²) < 4.78 is 13.0. The summed E-state index contributed by atoms with van der Waals surface area (Å²) in [6.07, 6.45) is 0.721. The van der Waals surface area contributed by atoms with Crippen molar-refractivity contribution < 1.29 is 23.9 Å². The van der Waals surface area contributed by atoms with Crippen LogP contribution in [0.5, 0.6) is 0 Å². The second-order valence-electron chi connectivity index (χ2n) is 5.79. The molecule has 0 aliphatic rings. The maximum Gasteiger partial charge on any atom is 0.326 e. The Hall–Kier alpha value is -2.44. The lowest BCUT2D eigenvalue weighted by Crippen LogP contribution is -2.53. The highest BCUT2D eigenvalue weighted by atomic mass is 19.1. The van der Waals surface area contributed by atoms with E-state index in [-0.39, 0.29) is 12.3 Å². The number of carboxylic acids is 1. The third-order valence-corrected chi connectivity index (χ3v) is 3.82. The molecule has 0 saturated carbocycles. The van der Waals surface area contributed by atoms with E-state index in [2.05, 4.69) is 10.6 Å². The molecule has 3 N–H and O–H groups in total. The molecule has 0 radical (unpaired) electrons. The monoisotopic (exact) mass is 338 g/mol. The SMILES string of the molecule is CC[C@H](C)[C@H](NC(=O)[C@H](Cc1ccc(F)cc1)NC(C)=O)C(=O)O. The van der Waals surface area contributed by atoms with Crippen LogP contribution in [0.15, 0.2) is 24.3 Å². The molecule has 0 heterocycles. The first-order chi connectivity index (χ1) is 11.2. The summed E-state index contributed by atoms with van der Waals surface area (Å²) in [7, 11) is 0. The second kappa shape index (κ2) is 9.00. The summed E-state index contributed by atoms with van der Waals surface area (Å²) in [5.41, 5.74) is 0.653. The Balaban J connectivity index is 2.89. The highest BCUT2D eigenvalue weighted by Gasteiger charge is 2.29. The second-order valence-corrected chi connectivity index (χ2v) is 5.79. The van der Waals surface area contributed by atoms with Crippen molar-refractivity contribution in [3.05, 3.63) is 35.6 Å². The summed E-state index contributed by atoms with van der Waals surface area (Å²) >= 11 is 0. The van der Waals surface area contributed by atoms with Crippen LogP contribution in [0.2, 0.25) is 0 Å². The van der Waals surface area contributed by atoms with Crippen molar-refractivity contribution in [3.8, 4) is 0 Å². The molecular weight excluding hydrogens is 315 g/mol. The number of halogens is 1. The van der Waals surface area contributed by atoms with Crippen LogP contribution in [-0.2, 0) is 20.8 Å². The van der Waals surface area contributed by atoms with Crippen LogP contribution < -0.4 is 10.6 Å². The molecule has 24 heavy (non-hydrogen) atoms. The quantitative estimate of drug-likeness (QED) is 0.669. The van der Waals surface area contributed by atoms with Gasteiger partial charge in [-0.2, -0.15) is 0 Å². The van der Waals surface area contributed by atoms with Gasteiger partial charge in [0.1, 0.15) is 17.9 Å². The van der Waals surface area contributed by atoms with E-state index in [1.807, 2.05) is 6.92 Å². The van der Waals surface area contributed by atoms with Gasteiger partial charge in [0.2, 0.25) is 11.8 Å². The Morgan fingerprint density at radius 2 is 1.75 bits per heavy atom. The number of carbonyl (C=O) groups is 3. The molecule has 0 fully saturated rings. The number of carboxylic acid groups (broad SMARTS) is 1. The van der Waals surface area contributed by atoms with Crippen molar-refractivity contribution in [3.63, 3.8) is 0 Å². The number of aliphatic carboxylic acids is 1. The summed E-state index contributed by atoms with van der Waals surface area (Å²) in [5, 5.41) is 14.2. The van der Waals surface area contributed by atoms with Crippen LogP contribution in [0.4, 0.5) is 4.39 Å². The van der Waals surface area contributed by atoms with Crippen LogP contribution in [-0.4, -0.2) is 35.0 Å². The largest absolute Gasteiger partial charge is 0.480 e. The molecule has 1 rings (SSSR count). The van der Waals surface area contributed by atoms with Gasteiger partial charge in [0.15, 0.2) is 0 Å². The fraction of sp³-hybridized carbons (Fsp3) is 0.471. The van der Waals surface area contributed by atoms with E-state index < -0.39 is 35.7 Å². The Bertz CT molecular complexity index is 589. The number of hydrogen-bond donors (Lipinski definition) is 3. The van der Waals surface area contributed by atoms with Crippen molar-refractivity contribution in [1.82, 2.24) is 10.6 Å². The summed E-state index contributed by atoms with van der Waals surface area (Å²) in [6.45, 7) is 4.83. The van der Waals surface area contributed by atoms with E-state index in [0.29, 0.717) is 12.0 Å². The molecule has 0 aromatic heterocycles. The number of benzene rings is 1. The molecule has 1 aromatic rings. The van der Waals surface area contributed by atoms with Gasteiger partial charge in [0.05, 0.1) is 0 Å². The molecule has 7 heteroatoms. The van der Waals surface area contributed by atoms with Crippen LogP contribution in [0.3, 0.4) is 0 Å². The average molecular weight is 338 g/mol. The number of hydrogen-bond acceptors (Lipinski definition) is 3. The number of amides is 2. The van der Waals surface area contributed by atoms with E-state index >= 15 is 0 Å². The van der Waals surface area contributed by atoms with Crippen molar-refractivity contribution in [2.75, 3.05) is 0 Å². The normalized spacial score (nSPS) is 14.3. The molecular formula is C17H23FN2O4. The van der Waals surface area contributed by atoms with Gasteiger partial charge in [-0.3, -0.25) is 9.59 Å². The van der Waals surface area contributed by atoms with Gasteiger partial charge in [-0.15, -0.1) is 0 Å². The number of rotatable bonds is 8. The minimum absolute atomic E-state index is 0.137. The minimum Gasteiger partial charge on any atom is -0.480 e. The molecule has 2 amide bonds. The van der Waals surface area contributed by atoms with E-state index in [1.54, 1.807) is 6.92 Å². The van der Waals surface area contributed by atoms with Gasteiger partial charge in [-0.1, -0.05) is 32.4 Å². The first kappa shape index (κ1) is 19.6. The fourth-order valence-electron chi connectivity index (χ4n) is 2.25. The Morgan fingerprint density at radius 1 is 1.17 bits per heavy atom. The first-order valence-corrected chi connectivity index (χ1v) is 7.79. The van der Waals surface area contributed by atoms with Crippen LogP contribution in [0.1, 0.15) is 32.8 Å². The molecule has 1 aromatic carbocycles. The molecule has 0 spiro atoms. The van der Waals surface area contributed by atoms with E-state index in [9.17, 15) is 23.9 Å². The zero-order chi connectivity index (χ0) is 18.3. The number of carbonyl (C=O) groups excluding carboxylic acids is 2. The lowest BCUT2D eigenvalue weighted by molar-refractivity contribution is -0.143. The third-order valence-electron chi connectivity index (χ3n) is 3.82. The zero-order valence-corrected chi connectivity index (χ0v) is 14.0. The van der Waals surface area contributed by atoms with Gasteiger partial charge in [0.25, 0.3) is 0 Å². The standard InChI is InChI=1S/C17H23FN2O4/c1-4-10(2)15(17(23)24)20-16(22)14(19-11(3)21)9-12-5-7-13(18)8-6-12/h5-8,10,14-15H,4,9H2,1-3H3,(H,19,21)(H,20,22)(H,23,24)/t10-,14-,15-/m0/s1. The van der Waals surface area contributed by atoms with Crippen molar-refractivity contribution in [2.24, 2.45) is 5.92 Å². The van der Waals surface area contributed by atoms with Crippen molar-refractivity contribution >= 4 is 17.8 Å². The summed E-state index contributed by atoms with van der Waals surface area (Å²) in [4.78, 5) is 35.1. The Morgan fingerprint density at radius 3 is 2.21 bits per heavy atom. The maximum atomic E-state index is 13.0. The predicted molar refractivity (Wildman–Crippen MR) is 86.7 cm³/mol. The molecule has 0 bridgehead atoms. The lowest BCUT2D eigenvalue weighted by atomic mass is 9.98. The first-order valence-electron chi connectivity index (χ1n) is 7.79. The van der Waals surface area contributed by atoms with Crippen LogP contribution in [0, 0.1) is 11.7 Å². The number of nitrogens with one attached hydrogen (secondary N) is 2. The van der Waals surface area contributed by atoms with E-state index in [1.165, 1.54) is 31.2 Å². The predicted octanol–water partition coefficient (Wildman–Crippen LogP) is 1.49. The van der Waals surface area contributed by atoms with Crippen LogP contribution in [0.25, 0.3) is 0 Å². The van der Waals surface area contributed by atoms with Gasteiger partial charge in [-0.25, -0.2) is 9.18 Å². The third kappa shape index (κ3) is 5.98. The van der Waals surface area contributed by atoms with Crippen molar-refractivity contribution in [2.45, 2.75) is 45.7 Å². The van der Waals surface area contributed by atoms with Crippen molar-refractivity contribution in [1.29, 1.82) is 0 Å². The Labute approximate surface area is 140 Å². The van der Waals surface area contributed by atoms with Gasteiger partial charge >= 0.3 is 5.97 Å². The maximum absolute atomic E-state index is 13.0. The van der Waals surface area contributed by atoms with Crippen LogP contribution >= 0.6 is 0 Å². The lowest BCUT2D eigenvalue weighted by Gasteiger charge is -2.24. The molecule has 132 valence electrons. The molecule has 3 atom stereocenters. The van der Waals surface area contributed by atoms with E-state index in [4.69, 9.17) is 0 Å². The topological polar surface area (TPSA) is 95.5 Å². The van der Waals surface area contributed by atoms with Gasteiger partial charge in [-0.05, 0) is 23.6 Å². The molecule has 0 unspecified atom stereocenters. The van der Waals surface area contributed by atoms with Gasteiger partial charge in [0, 0.05) is 13.3 Å². The summed E-state index contributed by atoms with van der Waals surface area (Å²) in [6, 6.07) is 3.58. The zero-order valence-electron chi connectivity index (χ0n) is 14.0.